The Labute approximate surface area is 179 Å². The van der Waals surface area contributed by atoms with E-state index < -0.39 is 0 Å². The standard InChI is InChI=1S/C13H17NO2.C7H8FN.C2H6.CH3NO/c1-9-12(8-13(15)14-9)10-4-3-5-11(16-2)7-6-10;1-9-7-4-2-6(8)3-5-7;1-2;2-1-3/h3,5-7,9,12H,4,8H2,1-2H3,(H,14,15);2-5,9H,1H3;1-2H3;1H,(H2,2,3). The highest BCUT2D eigenvalue weighted by atomic mass is 19.1. The molecule has 2 unspecified atom stereocenters. The summed E-state index contributed by atoms with van der Waals surface area (Å²) < 4.78 is 17.4. The van der Waals surface area contributed by atoms with Crippen LogP contribution in [0.1, 0.15) is 33.6 Å². The third-order valence-electron chi connectivity index (χ3n) is 4.34. The third-order valence-corrected chi connectivity index (χ3v) is 4.34. The van der Waals surface area contributed by atoms with Gasteiger partial charge in [0.25, 0.3) is 0 Å². The number of carbonyl (C=O) groups is 2. The molecule has 1 fully saturated rings. The maximum Gasteiger partial charge on any atom is 0.220 e. The maximum absolute atomic E-state index is 12.2. The molecule has 3 rings (SSSR count). The number of primary amides is 1. The molecule has 30 heavy (non-hydrogen) atoms. The van der Waals surface area contributed by atoms with Crippen molar-refractivity contribution in [2.24, 2.45) is 11.7 Å². The van der Waals surface area contributed by atoms with E-state index in [0.29, 0.717) is 12.3 Å². The molecule has 0 bridgehead atoms. The fourth-order valence-corrected chi connectivity index (χ4v) is 2.89. The van der Waals surface area contributed by atoms with Crippen LogP contribution in [0.2, 0.25) is 0 Å². The number of benzene rings is 1. The van der Waals surface area contributed by atoms with Crippen LogP contribution < -0.4 is 16.4 Å². The smallest absolute Gasteiger partial charge is 0.220 e. The van der Waals surface area contributed by atoms with Crippen LogP contribution >= 0.6 is 0 Å². The van der Waals surface area contributed by atoms with Gasteiger partial charge in [0, 0.05) is 31.1 Å². The van der Waals surface area contributed by atoms with Crippen LogP contribution in [-0.2, 0) is 14.3 Å². The van der Waals surface area contributed by atoms with E-state index in [1.165, 1.54) is 17.7 Å². The van der Waals surface area contributed by atoms with Crippen molar-refractivity contribution < 1.29 is 18.7 Å². The van der Waals surface area contributed by atoms with E-state index in [1.54, 1.807) is 26.3 Å². The summed E-state index contributed by atoms with van der Waals surface area (Å²) in [5, 5.41) is 5.84. The molecule has 1 saturated heterocycles. The van der Waals surface area contributed by atoms with E-state index in [-0.39, 0.29) is 24.2 Å². The topological polar surface area (TPSA) is 93.4 Å². The Morgan fingerprint density at radius 3 is 2.30 bits per heavy atom. The minimum absolute atomic E-state index is 0.155. The van der Waals surface area contributed by atoms with Gasteiger partial charge in [-0.15, -0.1) is 0 Å². The minimum atomic E-state index is -0.200. The maximum atomic E-state index is 12.2. The molecular formula is C23H34FN3O3. The highest BCUT2D eigenvalue weighted by Gasteiger charge is 2.31. The number of nitrogens with one attached hydrogen (secondary N) is 2. The first-order chi connectivity index (χ1) is 14.4. The van der Waals surface area contributed by atoms with Gasteiger partial charge in [0.05, 0.1) is 7.11 Å². The SMILES string of the molecule is CC.CNc1ccc(F)cc1.COC1=CC=C(C2CC(=O)NC2C)CC=C1.NC=O. The Hall–Kier alpha value is -3.09. The van der Waals surface area contributed by atoms with Crippen LogP contribution in [0, 0.1) is 11.7 Å². The van der Waals surface area contributed by atoms with Crippen molar-refractivity contribution in [2.75, 3.05) is 19.5 Å². The lowest BCUT2D eigenvalue weighted by Crippen LogP contribution is -2.26. The quantitative estimate of drug-likeness (QED) is 0.647. The van der Waals surface area contributed by atoms with E-state index in [1.807, 2.05) is 26.0 Å². The van der Waals surface area contributed by atoms with Crippen LogP contribution in [0.4, 0.5) is 10.1 Å². The Morgan fingerprint density at radius 1 is 1.23 bits per heavy atom. The van der Waals surface area contributed by atoms with E-state index >= 15 is 0 Å². The molecule has 1 aliphatic heterocycles. The van der Waals surface area contributed by atoms with Gasteiger partial charge in [-0.05, 0) is 49.8 Å². The number of carbonyl (C=O) groups excluding carboxylic acids is 2. The third kappa shape index (κ3) is 9.91. The van der Waals surface area contributed by atoms with Gasteiger partial charge >= 0.3 is 0 Å². The van der Waals surface area contributed by atoms with Crippen LogP contribution in [0.3, 0.4) is 0 Å². The first-order valence-corrected chi connectivity index (χ1v) is 9.94. The number of methoxy groups -OCH3 is 1. The lowest BCUT2D eigenvalue weighted by molar-refractivity contribution is -0.119. The van der Waals surface area contributed by atoms with Crippen molar-refractivity contribution >= 4 is 18.0 Å². The lowest BCUT2D eigenvalue weighted by Gasteiger charge is -2.16. The molecule has 7 heteroatoms. The predicted molar refractivity (Wildman–Crippen MR) is 120 cm³/mol. The summed E-state index contributed by atoms with van der Waals surface area (Å²) in [5.41, 5.74) is 6.39. The molecule has 0 aromatic heterocycles. The summed E-state index contributed by atoms with van der Waals surface area (Å²) in [4.78, 5) is 19.9. The van der Waals surface area contributed by atoms with Gasteiger partial charge in [-0.25, -0.2) is 4.39 Å². The largest absolute Gasteiger partial charge is 0.497 e. The van der Waals surface area contributed by atoms with E-state index in [0.717, 1.165) is 17.9 Å². The minimum Gasteiger partial charge on any atom is -0.497 e. The first kappa shape index (κ1) is 26.9. The number of hydrogen-bond donors (Lipinski definition) is 3. The number of hydrogen-bond acceptors (Lipinski definition) is 4. The van der Waals surface area contributed by atoms with Gasteiger partial charge in [0.2, 0.25) is 12.3 Å². The summed E-state index contributed by atoms with van der Waals surface area (Å²) in [7, 11) is 3.46. The highest BCUT2D eigenvalue weighted by molar-refractivity contribution is 5.79. The van der Waals surface area contributed by atoms with Crippen molar-refractivity contribution in [3.05, 3.63) is 65.7 Å². The van der Waals surface area contributed by atoms with E-state index in [9.17, 15) is 9.18 Å². The molecule has 6 nitrogen and oxygen atoms in total. The number of rotatable bonds is 3. The van der Waals surface area contributed by atoms with Crippen molar-refractivity contribution in [3.63, 3.8) is 0 Å². The van der Waals surface area contributed by atoms with Crippen molar-refractivity contribution in [1.82, 2.24) is 5.32 Å². The fraction of sp³-hybridized carbons (Fsp3) is 0.391. The summed E-state index contributed by atoms with van der Waals surface area (Å²) >= 11 is 0. The average Bonchev–Trinajstić information content (AvgIpc) is 2.95. The number of anilines is 1. The van der Waals surface area contributed by atoms with Crippen molar-refractivity contribution in [3.8, 4) is 0 Å². The number of allylic oxidation sites excluding steroid dienone is 4. The van der Waals surface area contributed by atoms with E-state index in [4.69, 9.17) is 9.53 Å². The van der Waals surface area contributed by atoms with Gasteiger partial charge in [-0.3, -0.25) is 9.59 Å². The first-order valence-electron chi connectivity index (χ1n) is 9.94. The summed E-state index contributed by atoms with van der Waals surface area (Å²) in [5.74, 6) is 1.14. The molecule has 1 heterocycles. The second kappa shape index (κ2) is 15.8. The highest BCUT2D eigenvalue weighted by Crippen LogP contribution is 2.28. The van der Waals surface area contributed by atoms with Gasteiger partial charge < -0.3 is 21.1 Å². The second-order valence-corrected chi connectivity index (χ2v) is 6.18. The lowest BCUT2D eigenvalue weighted by atomic mass is 9.90. The Balaban J connectivity index is 0.000000508. The van der Waals surface area contributed by atoms with Gasteiger partial charge in [-0.1, -0.05) is 31.6 Å². The summed E-state index contributed by atoms with van der Waals surface area (Å²) in [6, 6.07) is 6.46. The van der Waals surface area contributed by atoms with Crippen LogP contribution in [0.15, 0.2) is 59.9 Å². The fourth-order valence-electron chi connectivity index (χ4n) is 2.89. The predicted octanol–water partition coefficient (Wildman–Crippen LogP) is 3.92. The number of amides is 2. The van der Waals surface area contributed by atoms with Gasteiger partial charge in [0.1, 0.15) is 11.6 Å². The number of ether oxygens (including phenoxy) is 1. The van der Waals surface area contributed by atoms with Crippen molar-refractivity contribution in [1.29, 1.82) is 0 Å². The second-order valence-electron chi connectivity index (χ2n) is 6.18. The van der Waals surface area contributed by atoms with Crippen LogP contribution in [0.5, 0.6) is 0 Å². The monoisotopic (exact) mass is 419 g/mol. The molecule has 2 amide bonds. The molecule has 0 saturated carbocycles. The molecule has 166 valence electrons. The van der Waals surface area contributed by atoms with Gasteiger partial charge in [0.15, 0.2) is 0 Å². The average molecular weight is 420 g/mol. The molecule has 2 atom stereocenters. The zero-order chi connectivity index (χ0) is 22.9. The molecule has 0 spiro atoms. The molecule has 1 aliphatic carbocycles. The normalized spacial score (nSPS) is 18.9. The molecule has 4 N–H and O–H groups in total. The zero-order valence-corrected chi connectivity index (χ0v) is 18.4. The molecular weight excluding hydrogens is 385 g/mol. The Bertz CT molecular complexity index is 728. The molecule has 2 aliphatic rings. The summed E-state index contributed by atoms with van der Waals surface area (Å²) in [6.45, 7) is 6.06. The van der Waals surface area contributed by atoms with E-state index in [2.05, 4.69) is 35.4 Å². The summed E-state index contributed by atoms with van der Waals surface area (Å²) in [6.07, 6.45) is 9.86. The molecule has 1 aromatic carbocycles. The zero-order valence-electron chi connectivity index (χ0n) is 18.4. The number of nitrogens with two attached hydrogens (primary N) is 1. The Kier molecular flexibility index (Phi) is 14.2. The Morgan fingerprint density at radius 2 is 1.83 bits per heavy atom. The molecule has 0 radical (unpaired) electrons. The van der Waals surface area contributed by atoms with Crippen LogP contribution in [-0.4, -0.2) is 32.5 Å². The van der Waals surface area contributed by atoms with Crippen molar-refractivity contribution in [2.45, 2.75) is 39.7 Å². The van der Waals surface area contributed by atoms with Gasteiger partial charge in [-0.2, -0.15) is 0 Å². The molecule has 1 aromatic rings. The number of halogens is 1. The van der Waals surface area contributed by atoms with Crippen LogP contribution in [0.25, 0.3) is 0 Å².